The summed E-state index contributed by atoms with van der Waals surface area (Å²) in [6.07, 6.45) is 57.9. The van der Waals surface area contributed by atoms with Gasteiger partial charge in [0.15, 0.2) is 0 Å². The molecular weight excluding hydrogens is 703 g/mol. The van der Waals surface area contributed by atoms with Crippen LogP contribution in [0.25, 0.3) is 0 Å². The van der Waals surface area contributed by atoms with Gasteiger partial charge in [0, 0.05) is 38.6 Å². The Morgan fingerprint density at radius 3 is 0.632 bits per heavy atom. The topological polar surface area (TPSA) is 87.3 Å². The van der Waals surface area contributed by atoms with Crippen molar-refractivity contribution in [2.24, 2.45) is 0 Å². The van der Waals surface area contributed by atoms with Crippen LogP contribution in [0.3, 0.4) is 0 Å². The minimum absolute atomic E-state index is 0.225. The van der Waals surface area contributed by atoms with E-state index in [9.17, 15) is 14.4 Å². The standard InChI is InChI=1S/C7H14.C6H11NO.C6H10O.C6H12.C5H11N.C5H8O.C5H10.C4H9N.C4H8.C3H6/c1-2-4-6-7-5-3-1;8-6-4-2-1-3-5-7-6;7-6-4-2-1-3-5-6;2*1-2-4-6-5-3-1;6-5-3-1-2-4-5;2*1-2-4-5-3-1;1-2-4-3-1;1-2-3-1/h1-7H2;1-5H2,(H,7,8);1-5H2;1-6H2;6H,1-5H2;1-4H2;1-5H2;5H,1-4H2;1-4H2;1-3H2. The second-order valence-corrected chi connectivity index (χ2v) is 18.1. The van der Waals surface area contributed by atoms with Crippen LogP contribution in [0, 0.1) is 0 Å². The number of hydrogen-bond donors (Lipinski definition) is 3. The first-order valence-electron chi connectivity index (χ1n) is 25.9. The molecule has 3 saturated heterocycles. The van der Waals surface area contributed by atoms with Crippen molar-refractivity contribution in [3.63, 3.8) is 0 Å². The highest BCUT2D eigenvalue weighted by atomic mass is 16.1. The number of nitrogens with one attached hydrogen (secondary N) is 3. The zero-order valence-corrected chi connectivity index (χ0v) is 38.2. The van der Waals surface area contributed by atoms with Crippen LogP contribution in [-0.4, -0.2) is 50.2 Å². The molecule has 0 unspecified atom stereocenters. The van der Waals surface area contributed by atoms with E-state index in [-0.39, 0.29) is 5.91 Å². The normalized spacial score (nSPS) is 23.3. The monoisotopic (exact) mass is 802 g/mol. The summed E-state index contributed by atoms with van der Waals surface area (Å²) in [7, 11) is 0. The Hall–Kier alpha value is -1.27. The highest BCUT2D eigenvalue weighted by Gasteiger charge is 2.08. The lowest BCUT2D eigenvalue weighted by atomic mass is 10.00. The largest absolute Gasteiger partial charge is 0.356 e. The predicted octanol–water partition coefficient (Wildman–Crippen LogP) is 14.2. The number of Topliss-reactive ketones (excluding diaryl/α,β-unsaturated/α-hetero) is 2. The van der Waals surface area contributed by atoms with Crippen LogP contribution in [0.2, 0.25) is 0 Å². The molecule has 3 aliphatic heterocycles. The van der Waals surface area contributed by atoms with Crippen molar-refractivity contribution in [1.82, 2.24) is 16.0 Å². The lowest BCUT2D eigenvalue weighted by Crippen LogP contribution is -2.21. The fraction of sp³-hybridized carbons (Fsp3) is 0.941. The van der Waals surface area contributed by atoms with Gasteiger partial charge in [-0.05, 0) is 90.4 Å². The van der Waals surface area contributed by atoms with Gasteiger partial charge in [-0.2, -0.15) is 0 Å². The second-order valence-electron chi connectivity index (χ2n) is 18.1. The first-order valence-corrected chi connectivity index (χ1v) is 25.9. The van der Waals surface area contributed by atoms with Crippen molar-refractivity contribution in [3.8, 4) is 0 Å². The van der Waals surface area contributed by atoms with Gasteiger partial charge in [-0.25, -0.2) is 0 Å². The van der Waals surface area contributed by atoms with Gasteiger partial charge in [0.05, 0.1) is 0 Å². The lowest BCUT2D eigenvalue weighted by Gasteiger charge is -2.08. The third-order valence-corrected chi connectivity index (χ3v) is 12.0. The Morgan fingerprint density at radius 1 is 0.211 bits per heavy atom. The molecule has 336 valence electrons. The molecule has 0 spiro atoms. The molecule has 10 aliphatic rings. The van der Waals surface area contributed by atoms with Gasteiger partial charge in [0.25, 0.3) is 0 Å². The van der Waals surface area contributed by atoms with Crippen LogP contribution in [0.15, 0.2) is 0 Å². The number of carbonyl (C=O) groups is 3. The third-order valence-electron chi connectivity index (χ3n) is 12.0. The van der Waals surface area contributed by atoms with Gasteiger partial charge in [0.1, 0.15) is 11.6 Å². The van der Waals surface area contributed by atoms with Crippen molar-refractivity contribution in [1.29, 1.82) is 0 Å². The Kier molecular flexibility index (Phi) is 43.2. The maximum Gasteiger partial charge on any atom is 0.219 e. The van der Waals surface area contributed by atoms with E-state index in [2.05, 4.69) is 16.0 Å². The van der Waals surface area contributed by atoms with Crippen molar-refractivity contribution in [2.75, 3.05) is 32.7 Å². The summed E-state index contributed by atoms with van der Waals surface area (Å²) < 4.78 is 0. The first-order chi connectivity index (χ1) is 28.2. The molecule has 0 aromatic rings. The molecule has 6 nitrogen and oxygen atoms in total. The quantitative estimate of drug-likeness (QED) is 0.212. The summed E-state index contributed by atoms with van der Waals surface area (Å²) in [4.78, 5) is 31.3. The van der Waals surface area contributed by atoms with Gasteiger partial charge in [0.2, 0.25) is 5.91 Å². The fourth-order valence-corrected chi connectivity index (χ4v) is 7.48. The minimum Gasteiger partial charge on any atom is -0.356 e. The first kappa shape index (κ1) is 53.7. The molecule has 3 N–H and O–H groups in total. The molecule has 0 aromatic heterocycles. The molecule has 0 aromatic carbocycles. The second kappa shape index (κ2) is 45.8. The number of ketones is 2. The van der Waals surface area contributed by atoms with Crippen LogP contribution >= 0.6 is 0 Å². The SMILES string of the molecule is C1CC1.C1CCC1.C1CCCC1.C1CCCCC1.C1CCCCCC1.C1CCNC1.C1CCNCC1.O=C1CCCC1.O=C1CCCCC1.O=C1CCCCCN1. The van der Waals surface area contributed by atoms with Gasteiger partial charge in [-0.3, -0.25) is 14.4 Å². The van der Waals surface area contributed by atoms with E-state index in [4.69, 9.17) is 0 Å². The molecule has 10 rings (SSSR count). The van der Waals surface area contributed by atoms with E-state index in [0.29, 0.717) is 11.6 Å². The third kappa shape index (κ3) is 47.3. The summed E-state index contributed by atoms with van der Waals surface area (Å²) in [6, 6.07) is 0. The average Bonchev–Trinajstić information content (AvgIpc) is 3.66. The number of amides is 1. The molecule has 0 bridgehead atoms. The maximum absolute atomic E-state index is 10.6. The fourth-order valence-electron chi connectivity index (χ4n) is 7.48. The Balaban J connectivity index is 0.000000319. The van der Waals surface area contributed by atoms with Crippen LogP contribution in [0.1, 0.15) is 276 Å². The van der Waals surface area contributed by atoms with Crippen molar-refractivity contribution in [2.45, 2.75) is 276 Å². The number of piperidine rings is 1. The molecule has 0 atom stereocenters. The summed E-state index contributed by atoms with van der Waals surface area (Å²) in [5.74, 6) is 1.14. The Labute approximate surface area is 355 Å². The average molecular weight is 802 g/mol. The van der Waals surface area contributed by atoms with E-state index in [1.807, 2.05) is 0 Å². The Bertz CT molecular complexity index is 730. The maximum atomic E-state index is 10.6. The predicted molar refractivity (Wildman–Crippen MR) is 247 cm³/mol. The van der Waals surface area contributed by atoms with Gasteiger partial charge < -0.3 is 16.0 Å². The van der Waals surface area contributed by atoms with Gasteiger partial charge in [-0.15, -0.1) is 0 Å². The number of rotatable bonds is 0. The molecule has 1 amide bonds. The van der Waals surface area contributed by atoms with Crippen molar-refractivity contribution in [3.05, 3.63) is 0 Å². The molecule has 7 aliphatic carbocycles. The summed E-state index contributed by atoms with van der Waals surface area (Å²) in [5, 5.41) is 9.31. The molecule has 10 fully saturated rings. The Morgan fingerprint density at radius 2 is 0.404 bits per heavy atom. The van der Waals surface area contributed by atoms with Crippen molar-refractivity contribution < 1.29 is 14.4 Å². The van der Waals surface area contributed by atoms with Gasteiger partial charge in [-0.1, -0.05) is 180 Å². The molecular formula is C51H99N3O3. The van der Waals surface area contributed by atoms with E-state index >= 15 is 0 Å². The molecule has 7 saturated carbocycles. The van der Waals surface area contributed by atoms with Crippen molar-refractivity contribution >= 4 is 17.5 Å². The number of carbonyl (C=O) groups excluding carboxylic acids is 3. The van der Waals surface area contributed by atoms with Crippen LogP contribution in [-0.2, 0) is 14.4 Å². The minimum atomic E-state index is 0.225. The highest BCUT2D eigenvalue weighted by molar-refractivity contribution is 5.80. The van der Waals surface area contributed by atoms with E-state index in [1.54, 1.807) is 0 Å². The van der Waals surface area contributed by atoms with E-state index in [1.165, 1.54) is 232 Å². The molecule has 0 radical (unpaired) electrons. The van der Waals surface area contributed by atoms with Gasteiger partial charge >= 0.3 is 0 Å². The lowest BCUT2D eigenvalue weighted by molar-refractivity contribution is -0.121. The van der Waals surface area contributed by atoms with E-state index < -0.39 is 0 Å². The molecule has 3 heterocycles. The molecule has 57 heavy (non-hydrogen) atoms. The van der Waals surface area contributed by atoms with E-state index in [0.717, 1.165) is 77.2 Å². The number of hydrogen-bond acceptors (Lipinski definition) is 5. The summed E-state index contributed by atoms with van der Waals surface area (Å²) in [6.45, 7) is 5.89. The van der Waals surface area contributed by atoms with Crippen LogP contribution < -0.4 is 16.0 Å². The van der Waals surface area contributed by atoms with Crippen LogP contribution in [0.5, 0.6) is 0 Å². The van der Waals surface area contributed by atoms with Crippen LogP contribution in [0.4, 0.5) is 0 Å². The summed E-state index contributed by atoms with van der Waals surface area (Å²) in [5.41, 5.74) is 0. The highest BCUT2D eigenvalue weighted by Crippen LogP contribution is 2.18. The molecule has 6 heteroatoms. The zero-order valence-electron chi connectivity index (χ0n) is 38.2. The smallest absolute Gasteiger partial charge is 0.219 e. The summed E-state index contributed by atoms with van der Waals surface area (Å²) >= 11 is 0. The zero-order chi connectivity index (χ0) is 40.8.